The molecule has 0 saturated carbocycles. The Kier molecular flexibility index (Phi) is 3.82. The molecule has 2 saturated heterocycles. The smallest absolute Gasteiger partial charge is 0.308 e. The molecule has 19 heavy (non-hydrogen) atoms. The molecule has 7 nitrogen and oxygen atoms in total. The maximum Gasteiger partial charge on any atom is 0.308 e. The highest BCUT2D eigenvalue weighted by Crippen LogP contribution is 2.25. The van der Waals surface area contributed by atoms with Crippen LogP contribution < -0.4 is 0 Å². The molecule has 0 unspecified atom stereocenters. The highest BCUT2D eigenvalue weighted by molar-refractivity contribution is 7.88. The van der Waals surface area contributed by atoms with Gasteiger partial charge in [0.25, 0.3) is 0 Å². The number of nitrogens with zero attached hydrogens (tertiary/aromatic N) is 2. The predicted octanol–water partition coefficient (Wildman–Crippen LogP) is -0.656. The number of carboxylic acids is 1. The Morgan fingerprint density at radius 3 is 2.42 bits per heavy atom. The Labute approximate surface area is 112 Å². The Balaban J connectivity index is 2.06. The van der Waals surface area contributed by atoms with Crippen LogP contribution in [-0.4, -0.2) is 66.5 Å². The minimum atomic E-state index is -3.39. The van der Waals surface area contributed by atoms with Gasteiger partial charge in [-0.3, -0.25) is 9.59 Å². The maximum absolute atomic E-state index is 12.3. The molecule has 108 valence electrons. The Morgan fingerprint density at radius 2 is 1.89 bits per heavy atom. The van der Waals surface area contributed by atoms with Gasteiger partial charge in [0, 0.05) is 19.6 Å². The van der Waals surface area contributed by atoms with Crippen LogP contribution in [0.25, 0.3) is 0 Å². The van der Waals surface area contributed by atoms with E-state index in [0.29, 0.717) is 32.4 Å². The summed E-state index contributed by atoms with van der Waals surface area (Å²) < 4.78 is 24.4. The molecule has 1 N–H and O–H groups in total. The first-order valence-electron chi connectivity index (χ1n) is 6.29. The zero-order chi connectivity index (χ0) is 14.2. The van der Waals surface area contributed by atoms with E-state index in [1.807, 2.05) is 0 Å². The second-order valence-corrected chi connectivity index (χ2v) is 7.07. The Bertz CT molecular complexity index is 489. The molecule has 2 fully saturated rings. The normalized spacial score (nSPS) is 28.8. The lowest BCUT2D eigenvalue weighted by Crippen LogP contribution is -2.46. The predicted molar refractivity (Wildman–Crippen MR) is 66.9 cm³/mol. The third kappa shape index (κ3) is 2.89. The average Bonchev–Trinajstić information content (AvgIpc) is 2.96. The molecule has 1 amide bonds. The van der Waals surface area contributed by atoms with E-state index in [0.717, 1.165) is 6.26 Å². The van der Waals surface area contributed by atoms with E-state index in [4.69, 9.17) is 5.11 Å². The fraction of sp³-hybridized carbons (Fsp3) is 0.818. The van der Waals surface area contributed by atoms with E-state index in [1.165, 1.54) is 9.21 Å². The zero-order valence-electron chi connectivity index (χ0n) is 10.8. The molecule has 2 rings (SSSR count). The summed E-state index contributed by atoms with van der Waals surface area (Å²) in [6.07, 6.45) is 2.72. The van der Waals surface area contributed by atoms with Gasteiger partial charge in [-0.15, -0.1) is 0 Å². The molecule has 0 radical (unpaired) electrons. The van der Waals surface area contributed by atoms with Crippen molar-refractivity contribution in [1.82, 2.24) is 9.21 Å². The van der Waals surface area contributed by atoms with E-state index in [-0.39, 0.29) is 12.5 Å². The van der Waals surface area contributed by atoms with Crippen molar-refractivity contribution in [3.05, 3.63) is 0 Å². The summed E-state index contributed by atoms with van der Waals surface area (Å²) in [5.41, 5.74) is 0. The first-order chi connectivity index (χ1) is 8.80. The van der Waals surface area contributed by atoms with Gasteiger partial charge in [0.05, 0.1) is 12.2 Å². The number of carbonyl (C=O) groups is 2. The molecular weight excluding hydrogens is 272 g/mol. The van der Waals surface area contributed by atoms with E-state index < -0.39 is 28.0 Å². The van der Waals surface area contributed by atoms with Crippen LogP contribution >= 0.6 is 0 Å². The standard InChI is InChI=1S/C11H18N2O5S/c1-19(17,18)13-5-2-3-9(13)10(14)12-6-4-8(7-12)11(15)16/h8-9H,2-7H2,1H3,(H,15,16)/t8-,9+/m1/s1. The fourth-order valence-corrected chi connectivity index (χ4v) is 3.88. The summed E-state index contributed by atoms with van der Waals surface area (Å²) in [6.45, 7) is 0.942. The van der Waals surface area contributed by atoms with Gasteiger partial charge in [-0.25, -0.2) is 8.42 Å². The first kappa shape index (κ1) is 14.3. The van der Waals surface area contributed by atoms with Gasteiger partial charge < -0.3 is 10.0 Å². The summed E-state index contributed by atoms with van der Waals surface area (Å²) in [7, 11) is -3.39. The van der Waals surface area contributed by atoms with E-state index in [1.54, 1.807) is 0 Å². The third-order valence-electron chi connectivity index (χ3n) is 3.76. The van der Waals surface area contributed by atoms with E-state index in [9.17, 15) is 18.0 Å². The number of carbonyl (C=O) groups excluding carboxylic acids is 1. The summed E-state index contributed by atoms with van der Waals surface area (Å²) >= 11 is 0. The van der Waals surface area contributed by atoms with Crippen LogP contribution in [0.2, 0.25) is 0 Å². The van der Waals surface area contributed by atoms with Gasteiger partial charge >= 0.3 is 5.97 Å². The number of aliphatic carboxylic acids is 1. The topological polar surface area (TPSA) is 95.0 Å². The number of sulfonamides is 1. The Hall–Kier alpha value is -1.15. The van der Waals surface area contributed by atoms with Crippen molar-refractivity contribution in [3.8, 4) is 0 Å². The van der Waals surface area contributed by atoms with Crippen LogP contribution in [0.4, 0.5) is 0 Å². The average molecular weight is 290 g/mol. The molecule has 2 atom stereocenters. The number of hydrogen-bond acceptors (Lipinski definition) is 4. The second kappa shape index (κ2) is 5.09. The highest BCUT2D eigenvalue weighted by Gasteiger charge is 2.41. The van der Waals surface area contributed by atoms with Crippen molar-refractivity contribution < 1.29 is 23.1 Å². The molecule has 0 aliphatic carbocycles. The van der Waals surface area contributed by atoms with Crippen LogP contribution in [-0.2, 0) is 19.6 Å². The number of hydrogen-bond donors (Lipinski definition) is 1. The van der Waals surface area contributed by atoms with Crippen molar-refractivity contribution in [2.45, 2.75) is 25.3 Å². The molecule has 2 aliphatic rings. The van der Waals surface area contributed by atoms with E-state index >= 15 is 0 Å². The SMILES string of the molecule is CS(=O)(=O)N1CCC[C@H]1C(=O)N1CC[C@@H](C(=O)O)C1. The van der Waals surface area contributed by atoms with Crippen molar-refractivity contribution in [1.29, 1.82) is 0 Å². The molecule has 0 spiro atoms. The minimum absolute atomic E-state index is 0.183. The lowest BCUT2D eigenvalue weighted by atomic mass is 10.1. The van der Waals surface area contributed by atoms with Crippen molar-refractivity contribution in [2.75, 3.05) is 25.9 Å². The van der Waals surface area contributed by atoms with Gasteiger partial charge in [-0.1, -0.05) is 0 Å². The molecule has 0 aromatic rings. The van der Waals surface area contributed by atoms with Crippen LogP contribution in [0.1, 0.15) is 19.3 Å². The van der Waals surface area contributed by atoms with Crippen LogP contribution in [0.15, 0.2) is 0 Å². The summed E-state index contributed by atoms with van der Waals surface area (Å²) in [5, 5.41) is 8.92. The molecule has 8 heteroatoms. The molecule has 2 heterocycles. The summed E-state index contributed by atoms with van der Waals surface area (Å²) in [5.74, 6) is -1.69. The quantitative estimate of drug-likeness (QED) is 0.745. The molecular formula is C11H18N2O5S. The van der Waals surface area contributed by atoms with Crippen LogP contribution in [0.5, 0.6) is 0 Å². The lowest BCUT2D eigenvalue weighted by molar-refractivity contribution is -0.141. The minimum Gasteiger partial charge on any atom is -0.481 e. The Morgan fingerprint density at radius 1 is 1.21 bits per heavy atom. The largest absolute Gasteiger partial charge is 0.481 e. The fourth-order valence-electron chi connectivity index (χ4n) is 2.76. The lowest BCUT2D eigenvalue weighted by Gasteiger charge is -2.26. The molecule has 2 aliphatic heterocycles. The van der Waals surface area contributed by atoms with Gasteiger partial charge in [0.2, 0.25) is 15.9 Å². The number of rotatable bonds is 3. The van der Waals surface area contributed by atoms with Gasteiger partial charge in [-0.2, -0.15) is 4.31 Å². The number of carboxylic acid groups (broad SMARTS) is 1. The van der Waals surface area contributed by atoms with E-state index in [2.05, 4.69) is 0 Å². The van der Waals surface area contributed by atoms with Crippen LogP contribution in [0, 0.1) is 5.92 Å². The molecule has 0 aromatic carbocycles. The molecule has 0 aromatic heterocycles. The van der Waals surface area contributed by atoms with Crippen molar-refractivity contribution >= 4 is 21.9 Å². The highest BCUT2D eigenvalue weighted by atomic mass is 32.2. The monoisotopic (exact) mass is 290 g/mol. The number of likely N-dealkylation sites (tertiary alicyclic amines) is 1. The maximum atomic E-state index is 12.3. The van der Waals surface area contributed by atoms with Gasteiger partial charge in [0.1, 0.15) is 6.04 Å². The van der Waals surface area contributed by atoms with Gasteiger partial charge in [0.15, 0.2) is 0 Å². The first-order valence-corrected chi connectivity index (χ1v) is 8.14. The van der Waals surface area contributed by atoms with Gasteiger partial charge in [-0.05, 0) is 19.3 Å². The molecule has 0 bridgehead atoms. The van der Waals surface area contributed by atoms with Crippen molar-refractivity contribution in [2.24, 2.45) is 5.92 Å². The second-order valence-electron chi connectivity index (χ2n) is 5.14. The summed E-state index contributed by atoms with van der Waals surface area (Å²) in [4.78, 5) is 24.6. The van der Waals surface area contributed by atoms with Crippen molar-refractivity contribution in [3.63, 3.8) is 0 Å². The number of amides is 1. The summed E-state index contributed by atoms with van der Waals surface area (Å²) in [6, 6.07) is -0.650. The van der Waals surface area contributed by atoms with Crippen LogP contribution in [0.3, 0.4) is 0 Å². The third-order valence-corrected chi connectivity index (χ3v) is 5.05. The zero-order valence-corrected chi connectivity index (χ0v) is 11.6.